The lowest BCUT2D eigenvalue weighted by Crippen LogP contribution is -2.58. The molecule has 0 saturated heterocycles. The minimum absolute atomic E-state index is 0.220. The van der Waals surface area contributed by atoms with Crippen LogP contribution in [-0.4, -0.2) is 22.7 Å². The van der Waals surface area contributed by atoms with Gasteiger partial charge in [0.15, 0.2) is 0 Å². The summed E-state index contributed by atoms with van der Waals surface area (Å²) in [6.07, 6.45) is 4.16. The Balaban J connectivity index is 1.85. The maximum absolute atomic E-state index is 11.2. The van der Waals surface area contributed by atoms with Crippen molar-refractivity contribution < 1.29 is 5.11 Å². The molecule has 1 aliphatic heterocycles. The van der Waals surface area contributed by atoms with Gasteiger partial charge < -0.3 is 16.6 Å². The number of aliphatic imine (C=N–C) groups is 2. The van der Waals surface area contributed by atoms with Crippen molar-refractivity contribution in [1.29, 1.82) is 0 Å². The number of aliphatic hydroxyl groups excluding tert-OH is 1. The van der Waals surface area contributed by atoms with Crippen LogP contribution in [0, 0.1) is 0 Å². The molecule has 1 spiro atoms. The summed E-state index contributed by atoms with van der Waals surface area (Å²) in [6.45, 7) is 0. The van der Waals surface area contributed by atoms with E-state index in [0.717, 1.165) is 47.0 Å². The average molecular weight is 442 g/mol. The summed E-state index contributed by atoms with van der Waals surface area (Å²) in [5, 5.41) is 11.2. The molecule has 1 unspecified atom stereocenters. The second-order valence-electron chi connectivity index (χ2n) is 7.33. The van der Waals surface area contributed by atoms with E-state index in [4.69, 9.17) is 16.5 Å². The minimum atomic E-state index is -0.801. The van der Waals surface area contributed by atoms with Gasteiger partial charge in [0.2, 0.25) is 11.9 Å². The van der Waals surface area contributed by atoms with Crippen LogP contribution in [0.5, 0.6) is 0 Å². The number of rotatable bonds is 3. The van der Waals surface area contributed by atoms with Crippen LogP contribution in [0.3, 0.4) is 0 Å². The molecule has 1 fully saturated rings. The third-order valence-corrected chi connectivity index (χ3v) is 5.99. The average Bonchev–Trinajstić information content (AvgIpc) is 2.69. The third kappa shape index (κ3) is 3.40. The van der Waals surface area contributed by atoms with Crippen LogP contribution >= 0.6 is 15.9 Å². The molecule has 146 valence electrons. The summed E-state index contributed by atoms with van der Waals surface area (Å²) in [5.41, 5.74) is 14.2. The van der Waals surface area contributed by atoms with Crippen LogP contribution in [-0.2, 0) is 0 Å². The van der Waals surface area contributed by atoms with Crippen molar-refractivity contribution in [2.75, 3.05) is 4.90 Å². The summed E-state index contributed by atoms with van der Waals surface area (Å²) in [7, 11) is 0. The molecule has 1 saturated carbocycles. The van der Waals surface area contributed by atoms with E-state index in [1.165, 1.54) is 6.42 Å². The molecule has 2 aliphatic rings. The summed E-state index contributed by atoms with van der Waals surface area (Å²) < 4.78 is 0.884. The first-order valence-electron chi connectivity index (χ1n) is 9.52. The van der Waals surface area contributed by atoms with Crippen LogP contribution in [0.4, 0.5) is 5.69 Å². The summed E-state index contributed by atoms with van der Waals surface area (Å²) in [6, 6.07) is 15.4. The van der Waals surface area contributed by atoms with Crippen molar-refractivity contribution in [1.82, 2.24) is 0 Å². The van der Waals surface area contributed by atoms with Gasteiger partial charge in [-0.15, -0.1) is 0 Å². The second kappa shape index (κ2) is 7.56. The molecular formula is C21H24BrN5O. The van der Waals surface area contributed by atoms with Gasteiger partial charge in [-0.05, 0) is 49.4 Å². The van der Waals surface area contributed by atoms with Gasteiger partial charge in [-0.1, -0.05) is 52.7 Å². The molecule has 1 atom stereocenters. The normalized spacial score (nSPS) is 19.9. The first kappa shape index (κ1) is 19.0. The van der Waals surface area contributed by atoms with Crippen molar-refractivity contribution in [3.05, 3.63) is 64.1 Å². The van der Waals surface area contributed by atoms with Crippen molar-refractivity contribution >= 4 is 33.5 Å². The van der Waals surface area contributed by atoms with Crippen LogP contribution in [0.15, 0.2) is 63.0 Å². The lowest BCUT2D eigenvalue weighted by Gasteiger charge is -2.46. The van der Waals surface area contributed by atoms with Gasteiger partial charge in [-0.3, -0.25) is 4.90 Å². The van der Waals surface area contributed by atoms with E-state index in [1.807, 2.05) is 53.4 Å². The zero-order chi connectivity index (χ0) is 19.7. The monoisotopic (exact) mass is 441 g/mol. The molecular weight excluding hydrogens is 418 g/mol. The Labute approximate surface area is 173 Å². The van der Waals surface area contributed by atoms with Gasteiger partial charge in [0.25, 0.3) is 0 Å². The summed E-state index contributed by atoms with van der Waals surface area (Å²) >= 11 is 3.53. The van der Waals surface area contributed by atoms with E-state index in [1.54, 1.807) is 0 Å². The molecule has 5 N–H and O–H groups in total. The molecule has 2 aromatic rings. The van der Waals surface area contributed by atoms with Crippen molar-refractivity contribution in [2.24, 2.45) is 21.5 Å². The van der Waals surface area contributed by atoms with Gasteiger partial charge in [0.1, 0.15) is 11.8 Å². The number of benzene rings is 2. The fraction of sp³-hybridized carbons (Fsp3) is 0.333. The van der Waals surface area contributed by atoms with E-state index in [-0.39, 0.29) is 5.96 Å². The maximum atomic E-state index is 11.2. The number of guanidine groups is 2. The van der Waals surface area contributed by atoms with E-state index >= 15 is 0 Å². The number of hydrogen-bond donors (Lipinski definition) is 3. The molecule has 1 aliphatic carbocycles. The second-order valence-corrected chi connectivity index (χ2v) is 8.25. The fourth-order valence-electron chi connectivity index (χ4n) is 4.23. The van der Waals surface area contributed by atoms with Gasteiger partial charge in [0, 0.05) is 10.0 Å². The maximum Gasteiger partial charge on any atom is 0.220 e. The molecule has 28 heavy (non-hydrogen) atoms. The smallest absolute Gasteiger partial charge is 0.220 e. The molecule has 2 aromatic carbocycles. The molecule has 6 nitrogen and oxygen atoms in total. The Kier molecular flexibility index (Phi) is 5.12. The van der Waals surface area contributed by atoms with E-state index in [0.29, 0.717) is 5.96 Å². The fourth-order valence-corrected chi connectivity index (χ4v) is 4.61. The van der Waals surface area contributed by atoms with Gasteiger partial charge in [-0.2, -0.15) is 4.99 Å². The topological polar surface area (TPSA) is 100 Å². The van der Waals surface area contributed by atoms with Crippen molar-refractivity contribution in [2.45, 2.75) is 43.9 Å². The van der Waals surface area contributed by atoms with Gasteiger partial charge >= 0.3 is 0 Å². The molecule has 0 amide bonds. The summed E-state index contributed by atoms with van der Waals surface area (Å²) in [4.78, 5) is 10.9. The molecule has 1 heterocycles. The molecule has 0 aromatic heterocycles. The van der Waals surface area contributed by atoms with E-state index in [2.05, 4.69) is 20.9 Å². The van der Waals surface area contributed by atoms with Crippen molar-refractivity contribution in [3.63, 3.8) is 0 Å². The highest BCUT2D eigenvalue weighted by Gasteiger charge is 2.43. The molecule has 0 radical (unpaired) electrons. The molecule has 4 rings (SSSR count). The highest BCUT2D eigenvalue weighted by Crippen LogP contribution is 2.43. The number of anilines is 1. The van der Waals surface area contributed by atoms with Crippen molar-refractivity contribution in [3.8, 4) is 0 Å². The van der Waals surface area contributed by atoms with Crippen LogP contribution in [0.25, 0.3) is 0 Å². The van der Waals surface area contributed by atoms with E-state index < -0.39 is 11.8 Å². The molecule has 7 heteroatoms. The number of nitrogens with two attached hydrogens (primary N) is 2. The lowest BCUT2D eigenvalue weighted by atomic mass is 9.86. The SMILES string of the molecule is NC1=NC2(CCCCC2)N(c2ccc(Br)cc2C(O)c2ccccc2)C(N)=N1. The largest absolute Gasteiger partial charge is 0.384 e. The van der Waals surface area contributed by atoms with Gasteiger partial charge in [0.05, 0.1) is 5.69 Å². The number of halogens is 1. The van der Waals surface area contributed by atoms with Crippen LogP contribution < -0.4 is 16.4 Å². The highest BCUT2D eigenvalue weighted by atomic mass is 79.9. The Morgan fingerprint density at radius 3 is 2.46 bits per heavy atom. The number of aliphatic hydroxyl groups is 1. The Morgan fingerprint density at radius 2 is 1.75 bits per heavy atom. The minimum Gasteiger partial charge on any atom is -0.384 e. The predicted octanol–water partition coefficient (Wildman–Crippen LogP) is 3.64. The number of nitrogens with zero attached hydrogens (tertiary/aromatic N) is 3. The first-order chi connectivity index (χ1) is 13.5. The van der Waals surface area contributed by atoms with Crippen LogP contribution in [0.2, 0.25) is 0 Å². The molecule has 0 bridgehead atoms. The Morgan fingerprint density at radius 1 is 1.04 bits per heavy atom. The summed E-state index contributed by atoms with van der Waals surface area (Å²) in [5.74, 6) is 0.538. The highest BCUT2D eigenvalue weighted by molar-refractivity contribution is 9.10. The lowest BCUT2D eigenvalue weighted by molar-refractivity contribution is 0.219. The van der Waals surface area contributed by atoms with E-state index in [9.17, 15) is 5.11 Å². The zero-order valence-electron chi connectivity index (χ0n) is 15.6. The van der Waals surface area contributed by atoms with Gasteiger partial charge in [-0.25, -0.2) is 4.99 Å². The first-order valence-corrected chi connectivity index (χ1v) is 10.3. The Bertz CT molecular complexity index is 922. The zero-order valence-corrected chi connectivity index (χ0v) is 17.1. The predicted molar refractivity (Wildman–Crippen MR) is 116 cm³/mol. The number of hydrogen-bond acceptors (Lipinski definition) is 6. The van der Waals surface area contributed by atoms with Crippen LogP contribution in [0.1, 0.15) is 49.3 Å². The Hall–Kier alpha value is -2.38. The third-order valence-electron chi connectivity index (χ3n) is 5.49. The standard InChI is InChI=1S/C21H24BrN5O/c22-15-9-10-17(16(13-15)18(28)14-7-3-1-4-8-14)27-20(24)25-19(23)26-21(27)11-5-2-6-12-21/h1,3-4,7-10,13,18,28H,2,5-6,11-12H2,(H4,23,24,25,26). The quantitative estimate of drug-likeness (QED) is 0.676.